The smallest absolute Gasteiger partial charge is 0.322 e. The Morgan fingerprint density at radius 3 is 2.90 bits per heavy atom. The predicted molar refractivity (Wildman–Crippen MR) is 78.6 cm³/mol. The molecular weight excluding hydrogens is 254 g/mol. The molecule has 1 aliphatic heterocycles. The molecule has 2 rings (SSSR count). The zero-order valence-electron chi connectivity index (χ0n) is 12.0. The minimum absolute atomic E-state index is 0.0973. The number of rotatable bonds is 3. The average molecular weight is 275 g/mol. The molecule has 5 nitrogen and oxygen atoms in total. The lowest BCUT2D eigenvalue weighted by atomic mass is 10.1. The second-order valence-corrected chi connectivity index (χ2v) is 4.95. The Bertz CT molecular complexity index is 502. The molecule has 20 heavy (non-hydrogen) atoms. The van der Waals surface area contributed by atoms with E-state index in [2.05, 4.69) is 17.6 Å². The molecule has 1 saturated heterocycles. The van der Waals surface area contributed by atoms with Gasteiger partial charge < -0.3 is 15.5 Å². The lowest BCUT2D eigenvalue weighted by Crippen LogP contribution is -2.46. The normalized spacial score (nSPS) is 17.9. The van der Waals surface area contributed by atoms with Gasteiger partial charge in [-0.05, 0) is 37.0 Å². The Labute approximate surface area is 119 Å². The van der Waals surface area contributed by atoms with E-state index in [-0.39, 0.29) is 18.0 Å². The molecule has 2 N–H and O–H groups in total. The Morgan fingerprint density at radius 2 is 2.20 bits per heavy atom. The van der Waals surface area contributed by atoms with Crippen LogP contribution in [0.3, 0.4) is 0 Å². The van der Waals surface area contributed by atoms with Crippen LogP contribution in [0.5, 0.6) is 0 Å². The number of nitrogens with zero attached hydrogens (tertiary/aromatic N) is 1. The van der Waals surface area contributed by atoms with E-state index in [0.29, 0.717) is 6.54 Å². The summed E-state index contributed by atoms with van der Waals surface area (Å²) < 4.78 is 0. The number of anilines is 1. The van der Waals surface area contributed by atoms with Crippen LogP contribution in [0.2, 0.25) is 0 Å². The third kappa shape index (κ3) is 3.10. The van der Waals surface area contributed by atoms with Crippen molar-refractivity contribution in [2.75, 3.05) is 18.9 Å². The van der Waals surface area contributed by atoms with Crippen LogP contribution in [0.15, 0.2) is 24.3 Å². The average Bonchev–Trinajstić information content (AvgIpc) is 2.96. The first-order valence-electron chi connectivity index (χ1n) is 7.04. The molecule has 1 aromatic rings. The molecule has 1 heterocycles. The van der Waals surface area contributed by atoms with Crippen LogP contribution in [0.1, 0.15) is 25.3 Å². The van der Waals surface area contributed by atoms with Crippen molar-refractivity contribution in [2.24, 2.45) is 0 Å². The second kappa shape index (κ2) is 6.41. The number of hydrogen-bond acceptors (Lipinski definition) is 2. The number of carbonyl (C=O) groups excluding carboxylic acids is 2. The van der Waals surface area contributed by atoms with E-state index < -0.39 is 0 Å². The Hall–Kier alpha value is -2.04. The topological polar surface area (TPSA) is 61.4 Å². The summed E-state index contributed by atoms with van der Waals surface area (Å²) in [6.45, 7) is 2.69. The zero-order valence-corrected chi connectivity index (χ0v) is 12.0. The maximum absolute atomic E-state index is 12.3. The highest BCUT2D eigenvalue weighted by atomic mass is 16.2. The molecule has 0 aliphatic carbocycles. The van der Waals surface area contributed by atoms with Gasteiger partial charge in [0.15, 0.2) is 0 Å². The van der Waals surface area contributed by atoms with Crippen molar-refractivity contribution in [1.82, 2.24) is 10.2 Å². The van der Waals surface area contributed by atoms with Crippen LogP contribution in [-0.4, -0.2) is 36.5 Å². The maximum Gasteiger partial charge on any atom is 0.322 e. The highest BCUT2D eigenvalue weighted by Gasteiger charge is 2.33. The van der Waals surface area contributed by atoms with Gasteiger partial charge in [-0.2, -0.15) is 0 Å². The molecule has 1 fully saturated rings. The molecule has 1 aliphatic rings. The molecule has 1 aromatic carbocycles. The van der Waals surface area contributed by atoms with Crippen LogP contribution >= 0.6 is 0 Å². The molecule has 0 saturated carbocycles. The Morgan fingerprint density at radius 1 is 1.40 bits per heavy atom. The number of nitrogens with one attached hydrogen (secondary N) is 2. The fourth-order valence-electron chi connectivity index (χ4n) is 2.51. The molecule has 0 unspecified atom stereocenters. The summed E-state index contributed by atoms with van der Waals surface area (Å²) in [5.41, 5.74) is 1.95. The first-order chi connectivity index (χ1) is 9.65. The summed E-state index contributed by atoms with van der Waals surface area (Å²) in [5.74, 6) is -0.0973. The number of urea groups is 1. The van der Waals surface area contributed by atoms with E-state index in [1.165, 1.54) is 5.56 Å². The van der Waals surface area contributed by atoms with Crippen LogP contribution in [0.4, 0.5) is 10.5 Å². The lowest BCUT2D eigenvalue weighted by Gasteiger charge is -2.23. The Balaban J connectivity index is 2.05. The van der Waals surface area contributed by atoms with Crippen LogP contribution < -0.4 is 10.6 Å². The summed E-state index contributed by atoms with van der Waals surface area (Å²) in [6, 6.07) is 7.22. The SMILES string of the molecule is CCc1cccc(NC(=O)N2CCC[C@H]2C(=O)NC)c1. The number of amides is 3. The number of aryl methyl sites for hydroxylation is 1. The predicted octanol–water partition coefficient (Wildman–Crippen LogP) is 1.99. The van der Waals surface area contributed by atoms with E-state index in [0.717, 1.165) is 24.9 Å². The molecule has 0 bridgehead atoms. The fraction of sp³-hybridized carbons (Fsp3) is 0.467. The third-order valence-electron chi connectivity index (χ3n) is 3.65. The van der Waals surface area contributed by atoms with E-state index >= 15 is 0 Å². The van der Waals surface area contributed by atoms with Gasteiger partial charge in [-0.25, -0.2) is 4.79 Å². The van der Waals surface area contributed by atoms with Crippen molar-refractivity contribution in [3.05, 3.63) is 29.8 Å². The molecular formula is C15H21N3O2. The highest BCUT2D eigenvalue weighted by Crippen LogP contribution is 2.19. The zero-order chi connectivity index (χ0) is 14.5. The van der Waals surface area contributed by atoms with Gasteiger partial charge in [-0.15, -0.1) is 0 Å². The molecule has 0 aromatic heterocycles. The van der Waals surface area contributed by atoms with Gasteiger partial charge in [0.2, 0.25) is 5.91 Å². The molecule has 1 atom stereocenters. The molecule has 5 heteroatoms. The lowest BCUT2D eigenvalue weighted by molar-refractivity contribution is -0.124. The second-order valence-electron chi connectivity index (χ2n) is 4.95. The molecule has 3 amide bonds. The molecule has 0 radical (unpaired) electrons. The largest absolute Gasteiger partial charge is 0.357 e. The highest BCUT2D eigenvalue weighted by molar-refractivity contribution is 5.94. The van der Waals surface area contributed by atoms with Gasteiger partial charge in [-0.3, -0.25) is 4.79 Å². The monoisotopic (exact) mass is 275 g/mol. The van der Waals surface area contributed by atoms with Crippen molar-refractivity contribution in [2.45, 2.75) is 32.2 Å². The van der Waals surface area contributed by atoms with Crippen molar-refractivity contribution < 1.29 is 9.59 Å². The number of likely N-dealkylation sites (tertiary alicyclic amines) is 1. The van der Waals surface area contributed by atoms with Gasteiger partial charge in [0.05, 0.1) is 0 Å². The summed E-state index contributed by atoms with van der Waals surface area (Å²) in [4.78, 5) is 25.6. The quantitative estimate of drug-likeness (QED) is 0.886. The number of likely N-dealkylation sites (N-methyl/N-ethyl adjacent to an activating group) is 1. The Kier molecular flexibility index (Phi) is 4.61. The molecule has 0 spiro atoms. The summed E-state index contributed by atoms with van der Waals surface area (Å²) in [5, 5.41) is 5.49. The van der Waals surface area contributed by atoms with E-state index in [9.17, 15) is 9.59 Å². The summed E-state index contributed by atoms with van der Waals surface area (Å²) >= 11 is 0. The maximum atomic E-state index is 12.3. The first-order valence-corrected chi connectivity index (χ1v) is 7.04. The van der Waals surface area contributed by atoms with Crippen LogP contribution in [-0.2, 0) is 11.2 Å². The van der Waals surface area contributed by atoms with Gasteiger partial charge in [0.1, 0.15) is 6.04 Å². The van der Waals surface area contributed by atoms with Crippen molar-refractivity contribution in [3.8, 4) is 0 Å². The fourth-order valence-corrected chi connectivity index (χ4v) is 2.51. The van der Waals surface area contributed by atoms with E-state index in [4.69, 9.17) is 0 Å². The summed E-state index contributed by atoms with van der Waals surface area (Å²) in [7, 11) is 1.60. The van der Waals surface area contributed by atoms with Gasteiger partial charge in [0.25, 0.3) is 0 Å². The molecule has 108 valence electrons. The van der Waals surface area contributed by atoms with Gasteiger partial charge in [-0.1, -0.05) is 19.1 Å². The summed E-state index contributed by atoms with van der Waals surface area (Å²) in [6.07, 6.45) is 2.51. The van der Waals surface area contributed by atoms with E-state index in [1.54, 1.807) is 11.9 Å². The number of carbonyl (C=O) groups is 2. The minimum Gasteiger partial charge on any atom is -0.357 e. The van der Waals surface area contributed by atoms with Crippen molar-refractivity contribution >= 4 is 17.6 Å². The van der Waals surface area contributed by atoms with Crippen molar-refractivity contribution in [1.29, 1.82) is 0 Å². The first kappa shape index (κ1) is 14.4. The van der Waals surface area contributed by atoms with Crippen LogP contribution in [0, 0.1) is 0 Å². The van der Waals surface area contributed by atoms with E-state index in [1.807, 2.05) is 24.3 Å². The van der Waals surface area contributed by atoms with Crippen molar-refractivity contribution in [3.63, 3.8) is 0 Å². The van der Waals surface area contributed by atoms with Gasteiger partial charge >= 0.3 is 6.03 Å². The minimum atomic E-state index is -0.352. The van der Waals surface area contributed by atoms with Crippen LogP contribution in [0.25, 0.3) is 0 Å². The standard InChI is InChI=1S/C15H21N3O2/c1-3-11-6-4-7-12(10-11)17-15(20)18-9-5-8-13(18)14(19)16-2/h4,6-7,10,13H,3,5,8-9H2,1-2H3,(H,16,19)(H,17,20)/t13-/m0/s1. The number of hydrogen-bond donors (Lipinski definition) is 2. The van der Waals surface area contributed by atoms with Gasteiger partial charge in [0, 0.05) is 19.3 Å². The third-order valence-corrected chi connectivity index (χ3v) is 3.65. The number of benzene rings is 1.